The molecule has 0 saturated carbocycles. The molecule has 3 N–H and O–H groups in total. The van der Waals surface area contributed by atoms with Gasteiger partial charge in [-0.1, -0.05) is 6.07 Å². The van der Waals surface area contributed by atoms with E-state index >= 15 is 0 Å². The van der Waals surface area contributed by atoms with E-state index in [2.05, 4.69) is 25.7 Å². The first-order valence-electron chi connectivity index (χ1n) is 8.18. The van der Waals surface area contributed by atoms with Crippen LogP contribution in [0.25, 0.3) is 0 Å². The summed E-state index contributed by atoms with van der Waals surface area (Å²) in [5, 5.41) is 21.1. The van der Waals surface area contributed by atoms with Crippen molar-refractivity contribution in [3.05, 3.63) is 41.9 Å². The SMILES string of the molecule is CCNC(=NCc1cccnc1OC)NCC(C)(O)c1cnn(C)c1. The van der Waals surface area contributed by atoms with Gasteiger partial charge in [-0.15, -0.1) is 0 Å². The van der Waals surface area contributed by atoms with E-state index in [4.69, 9.17) is 4.74 Å². The molecule has 1 atom stereocenters. The van der Waals surface area contributed by atoms with E-state index in [0.29, 0.717) is 31.5 Å². The van der Waals surface area contributed by atoms with Crippen LogP contribution in [0, 0.1) is 0 Å². The molecule has 0 saturated heterocycles. The van der Waals surface area contributed by atoms with Crippen molar-refractivity contribution >= 4 is 5.96 Å². The molecule has 0 radical (unpaired) electrons. The first-order valence-corrected chi connectivity index (χ1v) is 8.18. The molecule has 0 aromatic carbocycles. The summed E-state index contributed by atoms with van der Waals surface area (Å²) < 4.78 is 6.91. The van der Waals surface area contributed by atoms with Gasteiger partial charge in [0.05, 0.1) is 26.4 Å². The smallest absolute Gasteiger partial charge is 0.218 e. The highest BCUT2D eigenvalue weighted by atomic mass is 16.5. The predicted molar refractivity (Wildman–Crippen MR) is 96.4 cm³/mol. The number of aromatic nitrogens is 3. The lowest BCUT2D eigenvalue weighted by atomic mass is 10.00. The van der Waals surface area contributed by atoms with Gasteiger partial charge in [-0.2, -0.15) is 5.10 Å². The molecule has 2 heterocycles. The Balaban J connectivity index is 2.04. The van der Waals surface area contributed by atoms with Gasteiger partial charge >= 0.3 is 0 Å². The summed E-state index contributed by atoms with van der Waals surface area (Å²) in [4.78, 5) is 8.70. The summed E-state index contributed by atoms with van der Waals surface area (Å²) >= 11 is 0. The number of nitrogens with zero attached hydrogens (tertiary/aromatic N) is 4. The van der Waals surface area contributed by atoms with Crippen LogP contribution in [-0.4, -0.2) is 46.0 Å². The van der Waals surface area contributed by atoms with Gasteiger partial charge in [-0.3, -0.25) is 4.68 Å². The van der Waals surface area contributed by atoms with E-state index in [1.54, 1.807) is 37.3 Å². The van der Waals surface area contributed by atoms with Crippen molar-refractivity contribution in [2.75, 3.05) is 20.2 Å². The quantitative estimate of drug-likeness (QED) is 0.507. The minimum Gasteiger partial charge on any atom is -0.481 e. The largest absolute Gasteiger partial charge is 0.481 e. The third-order valence-corrected chi connectivity index (χ3v) is 3.72. The number of aryl methyl sites for hydroxylation is 1. The zero-order valence-electron chi connectivity index (χ0n) is 15.2. The lowest BCUT2D eigenvalue weighted by Crippen LogP contribution is -2.44. The van der Waals surface area contributed by atoms with E-state index in [0.717, 1.165) is 11.1 Å². The third kappa shape index (κ3) is 5.18. The van der Waals surface area contributed by atoms with Crippen molar-refractivity contribution in [2.24, 2.45) is 12.0 Å². The number of methoxy groups -OCH3 is 1. The van der Waals surface area contributed by atoms with Crippen LogP contribution in [-0.2, 0) is 19.2 Å². The number of ether oxygens (including phenoxy) is 1. The number of aliphatic imine (C=N–C) groups is 1. The number of aliphatic hydroxyl groups is 1. The number of hydrogen-bond donors (Lipinski definition) is 3. The van der Waals surface area contributed by atoms with Crippen LogP contribution in [0.1, 0.15) is 25.0 Å². The fourth-order valence-electron chi connectivity index (χ4n) is 2.29. The normalized spacial score (nSPS) is 14.0. The average molecular weight is 346 g/mol. The molecule has 0 amide bonds. The standard InChI is InChI=1S/C17H26N6O2/c1-5-18-16(20-9-13-7-6-8-19-15(13)25-4)21-12-17(2,24)14-10-22-23(3)11-14/h6-8,10-11,24H,5,9,12H2,1-4H3,(H2,18,20,21). The molecule has 1 unspecified atom stereocenters. The van der Waals surface area contributed by atoms with Crippen LogP contribution in [0.2, 0.25) is 0 Å². The van der Waals surface area contributed by atoms with E-state index in [1.165, 1.54) is 0 Å². The number of guanidine groups is 1. The topological polar surface area (TPSA) is 96.6 Å². The Morgan fingerprint density at radius 2 is 2.24 bits per heavy atom. The Morgan fingerprint density at radius 3 is 2.88 bits per heavy atom. The predicted octanol–water partition coefficient (Wildman–Crippen LogP) is 0.787. The molecule has 8 heteroatoms. The highest BCUT2D eigenvalue weighted by Gasteiger charge is 2.25. The van der Waals surface area contributed by atoms with E-state index in [9.17, 15) is 5.11 Å². The summed E-state index contributed by atoms with van der Waals surface area (Å²) in [6, 6.07) is 3.77. The molecule has 8 nitrogen and oxygen atoms in total. The summed E-state index contributed by atoms with van der Waals surface area (Å²) in [5.74, 6) is 1.17. The Morgan fingerprint density at radius 1 is 1.44 bits per heavy atom. The molecule has 0 spiro atoms. The van der Waals surface area contributed by atoms with Crippen molar-refractivity contribution in [3.63, 3.8) is 0 Å². The Labute approximate surface area is 148 Å². The maximum Gasteiger partial charge on any atom is 0.218 e. The molecule has 0 fully saturated rings. The highest BCUT2D eigenvalue weighted by Crippen LogP contribution is 2.18. The molecule has 0 bridgehead atoms. The summed E-state index contributed by atoms with van der Waals surface area (Å²) in [6.45, 7) is 5.16. The molecular formula is C17H26N6O2. The molecule has 25 heavy (non-hydrogen) atoms. The molecule has 136 valence electrons. The van der Waals surface area contributed by atoms with Gasteiger partial charge in [-0.25, -0.2) is 9.98 Å². The molecule has 2 aromatic rings. The van der Waals surface area contributed by atoms with Crippen molar-refractivity contribution in [3.8, 4) is 5.88 Å². The first-order chi connectivity index (χ1) is 12.0. The summed E-state index contributed by atoms with van der Waals surface area (Å²) in [6.07, 6.45) is 5.14. The van der Waals surface area contributed by atoms with Crippen LogP contribution in [0.5, 0.6) is 5.88 Å². The second-order valence-corrected chi connectivity index (χ2v) is 5.90. The zero-order chi connectivity index (χ0) is 18.3. The maximum absolute atomic E-state index is 10.7. The molecule has 0 aliphatic carbocycles. The fraction of sp³-hybridized carbons (Fsp3) is 0.471. The minimum atomic E-state index is -1.06. The number of nitrogens with one attached hydrogen (secondary N) is 2. The van der Waals surface area contributed by atoms with Gasteiger partial charge in [0.1, 0.15) is 5.60 Å². The van der Waals surface area contributed by atoms with Crippen LogP contribution in [0.3, 0.4) is 0 Å². The fourth-order valence-corrected chi connectivity index (χ4v) is 2.29. The van der Waals surface area contributed by atoms with Gasteiger partial charge in [-0.05, 0) is 19.9 Å². The van der Waals surface area contributed by atoms with Gasteiger partial charge < -0.3 is 20.5 Å². The Hall–Kier alpha value is -2.61. The second-order valence-electron chi connectivity index (χ2n) is 5.90. The number of hydrogen-bond acceptors (Lipinski definition) is 5. The van der Waals surface area contributed by atoms with Crippen molar-refractivity contribution in [2.45, 2.75) is 26.0 Å². The van der Waals surface area contributed by atoms with Crippen LogP contribution < -0.4 is 15.4 Å². The number of pyridine rings is 1. The van der Waals surface area contributed by atoms with E-state index < -0.39 is 5.60 Å². The van der Waals surface area contributed by atoms with Crippen LogP contribution in [0.15, 0.2) is 35.7 Å². The van der Waals surface area contributed by atoms with E-state index in [-0.39, 0.29) is 0 Å². The lowest BCUT2D eigenvalue weighted by Gasteiger charge is -2.23. The zero-order valence-corrected chi connectivity index (χ0v) is 15.2. The molecule has 0 aliphatic rings. The van der Waals surface area contributed by atoms with Crippen molar-refractivity contribution < 1.29 is 9.84 Å². The minimum absolute atomic E-state index is 0.300. The molecule has 2 aromatic heterocycles. The van der Waals surface area contributed by atoms with Crippen LogP contribution >= 0.6 is 0 Å². The Bertz CT molecular complexity index is 711. The average Bonchev–Trinajstić information content (AvgIpc) is 3.05. The summed E-state index contributed by atoms with van der Waals surface area (Å²) in [5.41, 5.74) is 0.574. The van der Waals surface area contributed by atoms with Crippen molar-refractivity contribution in [1.82, 2.24) is 25.4 Å². The van der Waals surface area contributed by atoms with Crippen molar-refractivity contribution in [1.29, 1.82) is 0 Å². The second kappa shape index (κ2) is 8.48. The van der Waals surface area contributed by atoms with Gasteiger partial charge in [0, 0.05) is 37.1 Å². The lowest BCUT2D eigenvalue weighted by molar-refractivity contribution is 0.0616. The van der Waals surface area contributed by atoms with Gasteiger partial charge in [0.25, 0.3) is 0 Å². The van der Waals surface area contributed by atoms with E-state index in [1.807, 2.05) is 26.1 Å². The highest BCUT2D eigenvalue weighted by molar-refractivity contribution is 5.79. The Kier molecular flexibility index (Phi) is 6.35. The number of rotatable bonds is 7. The van der Waals surface area contributed by atoms with Crippen LogP contribution in [0.4, 0.5) is 0 Å². The molecule has 2 rings (SSSR count). The third-order valence-electron chi connectivity index (χ3n) is 3.72. The first kappa shape index (κ1) is 18.7. The molecular weight excluding hydrogens is 320 g/mol. The summed E-state index contributed by atoms with van der Waals surface area (Å²) in [7, 11) is 3.41. The van der Waals surface area contributed by atoms with Gasteiger partial charge in [0.15, 0.2) is 5.96 Å². The maximum atomic E-state index is 10.7. The van der Waals surface area contributed by atoms with Gasteiger partial charge in [0.2, 0.25) is 5.88 Å². The molecule has 0 aliphatic heterocycles. The monoisotopic (exact) mass is 346 g/mol.